The number of hydrogen-bond acceptors (Lipinski definition) is 4. The van der Waals surface area contributed by atoms with Gasteiger partial charge in [0, 0.05) is 13.5 Å². The van der Waals surface area contributed by atoms with Crippen LogP contribution in [-0.2, 0) is 11.2 Å². The summed E-state index contributed by atoms with van der Waals surface area (Å²) in [5, 5.41) is 0. The van der Waals surface area contributed by atoms with Crippen LogP contribution in [0.2, 0.25) is 0 Å². The molecule has 0 unspecified atom stereocenters. The topological polar surface area (TPSA) is 61.0 Å². The van der Waals surface area contributed by atoms with Gasteiger partial charge < -0.3 is 10.5 Å². The third-order valence-electron chi connectivity index (χ3n) is 1.29. The lowest BCUT2D eigenvalue weighted by atomic mass is 10.3. The average molecular weight is 153 g/mol. The summed E-state index contributed by atoms with van der Waals surface area (Å²) in [4.78, 5) is 7.94. The van der Waals surface area contributed by atoms with Gasteiger partial charge in [-0.2, -0.15) is 0 Å². The molecule has 0 spiro atoms. The van der Waals surface area contributed by atoms with Crippen LogP contribution < -0.4 is 5.73 Å². The molecule has 0 aliphatic heterocycles. The number of aromatic nitrogens is 2. The Balaban J connectivity index is 2.52. The quantitative estimate of drug-likeness (QED) is 0.676. The average Bonchev–Trinajstić information content (AvgIpc) is 2.04. The van der Waals surface area contributed by atoms with E-state index in [-0.39, 0.29) is 0 Å². The van der Waals surface area contributed by atoms with Gasteiger partial charge in [-0.25, -0.2) is 4.98 Å². The van der Waals surface area contributed by atoms with Crippen molar-refractivity contribution in [1.82, 2.24) is 9.97 Å². The van der Waals surface area contributed by atoms with E-state index in [9.17, 15) is 0 Å². The monoisotopic (exact) mass is 153 g/mol. The van der Waals surface area contributed by atoms with Crippen molar-refractivity contribution in [2.45, 2.75) is 6.42 Å². The minimum atomic E-state index is 0.450. The number of nitrogens with two attached hydrogens (primary N) is 1. The maximum absolute atomic E-state index is 5.35. The zero-order chi connectivity index (χ0) is 8.10. The third-order valence-corrected chi connectivity index (χ3v) is 1.29. The van der Waals surface area contributed by atoms with E-state index in [0.717, 1.165) is 12.1 Å². The van der Waals surface area contributed by atoms with Crippen molar-refractivity contribution >= 4 is 5.82 Å². The number of hydrogen-bond donors (Lipinski definition) is 1. The van der Waals surface area contributed by atoms with E-state index in [1.807, 2.05) is 0 Å². The molecular weight excluding hydrogens is 142 g/mol. The zero-order valence-corrected chi connectivity index (χ0v) is 6.45. The van der Waals surface area contributed by atoms with E-state index in [1.54, 1.807) is 19.5 Å². The molecule has 0 saturated heterocycles. The molecule has 0 aliphatic rings. The molecule has 0 aliphatic carbocycles. The minimum Gasteiger partial charge on any atom is -0.384 e. The second-order valence-corrected chi connectivity index (χ2v) is 2.18. The van der Waals surface area contributed by atoms with Crippen LogP contribution in [0.1, 0.15) is 5.69 Å². The molecule has 11 heavy (non-hydrogen) atoms. The molecule has 4 nitrogen and oxygen atoms in total. The molecule has 0 atom stereocenters. The molecule has 0 saturated carbocycles. The van der Waals surface area contributed by atoms with Crippen molar-refractivity contribution in [3.63, 3.8) is 0 Å². The highest BCUT2D eigenvalue weighted by Gasteiger charge is 1.93. The molecule has 0 bridgehead atoms. The highest BCUT2D eigenvalue weighted by atomic mass is 16.5. The molecule has 1 aromatic rings. The number of rotatable bonds is 3. The Morgan fingerprint density at radius 2 is 2.27 bits per heavy atom. The normalized spacial score (nSPS) is 9.91. The van der Waals surface area contributed by atoms with Crippen molar-refractivity contribution in [3.8, 4) is 0 Å². The van der Waals surface area contributed by atoms with Crippen LogP contribution in [-0.4, -0.2) is 23.7 Å². The first-order valence-corrected chi connectivity index (χ1v) is 3.38. The van der Waals surface area contributed by atoms with Gasteiger partial charge in [-0.15, -0.1) is 0 Å². The summed E-state index contributed by atoms with van der Waals surface area (Å²) in [6.45, 7) is 0.665. The van der Waals surface area contributed by atoms with E-state index in [4.69, 9.17) is 10.5 Å². The van der Waals surface area contributed by atoms with Crippen LogP contribution in [0.4, 0.5) is 5.82 Å². The Kier molecular flexibility index (Phi) is 2.80. The molecule has 4 heteroatoms. The summed E-state index contributed by atoms with van der Waals surface area (Å²) >= 11 is 0. The fourth-order valence-electron chi connectivity index (χ4n) is 0.700. The van der Waals surface area contributed by atoms with Gasteiger partial charge in [0.25, 0.3) is 0 Å². The summed E-state index contributed by atoms with van der Waals surface area (Å²) in [6.07, 6.45) is 3.99. The van der Waals surface area contributed by atoms with Crippen molar-refractivity contribution in [2.24, 2.45) is 0 Å². The summed E-state index contributed by atoms with van der Waals surface area (Å²) in [5.41, 5.74) is 6.25. The Morgan fingerprint density at radius 3 is 2.82 bits per heavy atom. The smallest absolute Gasteiger partial charge is 0.141 e. The Morgan fingerprint density at radius 1 is 1.45 bits per heavy atom. The van der Waals surface area contributed by atoms with Crippen molar-refractivity contribution in [2.75, 3.05) is 19.5 Å². The first-order valence-electron chi connectivity index (χ1n) is 3.38. The number of nitrogen functional groups attached to an aromatic ring is 1. The van der Waals surface area contributed by atoms with Crippen LogP contribution in [0.5, 0.6) is 0 Å². The fraction of sp³-hybridized carbons (Fsp3) is 0.429. The maximum Gasteiger partial charge on any atom is 0.141 e. The van der Waals surface area contributed by atoms with Gasteiger partial charge in [-0.05, 0) is 0 Å². The minimum absolute atomic E-state index is 0.450. The Labute approximate surface area is 65.4 Å². The van der Waals surface area contributed by atoms with E-state index >= 15 is 0 Å². The van der Waals surface area contributed by atoms with Gasteiger partial charge in [0.05, 0.1) is 24.7 Å². The Bertz CT molecular complexity index is 209. The summed E-state index contributed by atoms with van der Waals surface area (Å²) in [7, 11) is 1.66. The largest absolute Gasteiger partial charge is 0.384 e. The molecule has 0 radical (unpaired) electrons. The molecule has 0 amide bonds. The number of nitrogens with zero attached hydrogens (tertiary/aromatic N) is 2. The van der Waals surface area contributed by atoms with Gasteiger partial charge >= 0.3 is 0 Å². The first kappa shape index (κ1) is 7.94. The van der Waals surface area contributed by atoms with Crippen molar-refractivity contribution in [3.05, 3.63) is 18.1 Å². The molecule has 1 rings (SSSR count). The second-order valence-electron chi connectivity index (χ2n) is 2.18. The number of methoxy groups -OCH3 is 1. The van der Waals surface area contributed by atoms with E-state index in [0.29, 0.717) is 12.4 Å². The predicted octanol–water partition coefficient (Wildman–Crippen LogP) is 0.248. The molecule has 60 valence electrons. The van der Waals surface area contributed by atoms with E-state index in [1.165, 1.54) is 0 Å². The lowest BCUT2D eigenvalue weighted by Crippen LogP contribution is -1.99. The number of anilines is 1. The van der Waals surface area contributed by atoms with Crippen molar-refractivity contribution in [1.29, 1.82) is 0 Å². The SMILES string of the molecule is COCCc1cnc(N)cn1. The molecule has 0 fully saturated rings. The van der Waals surface area contributed by atoms with Crippen LogP contribution in [0.3, 0.4) is 0 Å². The molecule has 2 N–H and O–H groups in total. The molecule has 0 aromatic carbocycles. The second kappa shape index (κ2) is 3.88. The standard InChI is InChI=1S/C7H11N3O/c1-11-3-2-6-4-10-7(8)5-9-6/h4-5H,2-3H2,1H3,(H2,8,10). The Hall–Kier alpha value is -1.16. The molecule has 1 heterocycles. The lowest BCUT2D eigenvalue weighted by molar-refractivity contribution is 0.201. The van der Waals surface area contributed by atoms with Gasteiger partial charge in [0.2, 0.25) is 0 Å². The maximum atomic E-state index is 5.35. The van der Waals surface area contributed by atoms with Crippen LogP contribution in [0, 0.1) is 0 Å². The van der Waals surface area contributed by atoms with E-state index in [2.05, 4.69) is 9.97 Å². The highest BCUT2D eigenvalue weighted by molar-refractivity contribution is 5.22. The van der Waals surface area contributed by atoms with E-state index < -0.39 is 0 Å². The molecular formula is C7H11N3O. The van der Waals surface area contributed by atoms with Gasteiger partial charge in [-0.1, -0.05) is 0 Å². The van der Waals surface area contributed by atoms with Gasteiger partial charge in [0.15, 0.2) is 0 Å². The highest BCUT2D eigenvalue weighted by Crippen LogP contribution is 1.96. The summed E-state index contributed by atoms with van der Waals surface area (Å²) < 4.78 is 4.88. The third kappa shape index (κ3) is 2.51. The first-order chi connectivity index (χ1) is 5.33. The molecule has 1 aromatic heterocycles. The predicted molar refractivity (Wildman–Crippen MR) is 42.0 cm³/mol. The van der Waals surface area contributed by atoms with Crippen LogP contribution >= 0.6 is 0 Å². The lowest BCUT2D eigenvalue weighted by Gasteiger charge is -1.97. The van der Waals surface area contributed by atoms with Crippen LogP contribution in [0.15, 0.2) is 12.4 Å². The summed E-state index contributed by atoms with van der Waals surface area (Å²) in [5.74, 6) is 0.450. The number of ether oxygens (including phenoxy) is 1. The van der Waals surface area contributed by atoms with Crippen molar-refractivity contribution < 1.29 is 4.74 Å². The summed E-state index contributed by atoms with van der Waals surface area (Å²) in [6, 6.07) is 0. The van der Waals surface area contributed by atoms with Gasteiger partial charge in [0.1, 0.15) is 5.82 Å². The zero-order valence-electron chi connectivity index (χ0n) is 6.45. The van der Waals surface area contributed by atoms with Gasteiger partial charge in [-0.3, -0.25) is 4.98 Å². The fourth-order valence-corrected chi connectivity index (χ4v) is 0.700. The van der Waals surface area contributed by atoms with Crippen LogP contribution in [0.25, 0.3) is 0 Å².